The number of ketones is 1. The van der Waals surface area contributed by atoms with Crippen LogP contribution in [0.1, 0.15) is 78.4 Å². The molecule has 6 rings (SSSR count). The smallest absolute Gasteiger partial charge is 0.331 e. The Morgan fingerprint density at radius 2 is 1.90 bits per heavy atom. The molecule has 0 saturated heterocycles. The van der Waals surface area contributed by atoms with Gasteiger partial charge < -0.3 is 28.8 Å². The molecule has 2 bridgehead atoms. The largest absolute Gasteiger partial charge is 0.472 e. The number of furan rings is 1. The maximum absolute atomic E-state index is 14.8. The zero-order chi connectivity index (χ0) is 30.6. The average Bonchev–Trinajstić information content (AvgIpc) is 3.59. The summed E-state index contributed by atoms with van der Waals surface area (Å²) >= 11 is 0. The molecule has 42 heavy (non-hydrogen) atoms. The molecule has 2 heterocycles. The monoisotopic (exact) mass is 582 g/mol. The Morgan fingerprint density at radius 3 is 2.52 bits per heavy atom. The summed E-state index contributed by atoms with van der Waals surface area (Å²) in [7, 11) is 1.28. The van der Waals surface area contributed by atoms with Gasteiger partial charge in [0.15, 0.2) is 5.60 Å². The lowest BCUT2D eigenvalue weighted by atomic mass is 9.44. The van der Waals surface area contributed by atoms with E-state index in [1.54, 1.807) is 26.8 Å². The summed E-state index contributed by atoms with van der Waals surface area (Å²) in [6.45, 7) is 8.96. The Labute approximate surface area is 244 Å². The van der Waals surface area contributed by atoms with Gasteiger partial charge in [0.2, 0.25) is 5.78 Å². The molecule has 226 valence electrons. The van der Waals surface area contributed by atoms with Crippen molar-refractivity contribution in [1.82, 2.24) is 0 Å². The summed E-state index contributed by atoms with van der Waals surface area (Å²) in [6, 6.07) is 1.71. The SMILES string of the molecule is CCC(C)C(=O)OC1C2(C)CC3(O)C(C)(C4=C(C(=O)C13O)C1=CC(=O)OC(c3ccoc3)C1(C)CC4)C2CC(=O)OC. The van der Waals surface area contributed by atoms with Gasteiger partial charge in [-0.1, -0.05) is 34.6 Å². The Kier molecular flexibility index (Phi) is 6.11. The number of methoxy groups -OCH3 is 1. The summed E-state index contributed by atoms with van der Waals surface area (Å²) < 4.78 is 22.1. The Hall–Kier alpha value is -3.24. The van der Waals surface area contributed by atoms with Gasteiger partial charge in [-0.05, 0) is 48.8 Å². The average molecular weight is 583 g/mol. The molecular formula is C32H38O10. The highest BCUT2D eigenvalue weighted by Crippen LogP contribution is 2.79. The molecule has 2 N–H and O–H groups in total. The highest BCUT2D eigenvalue weighted by atomic mass is 16.6. The van der Waals surface area contributed by atoms with Crippen LogP contribution in [0, 0.1) is 28.1 Å². The number of fused-ring (bicyclic) bond motifs is 4. The molecule has 2 fully saturated rings. The van der Waals surface area contributed by atoms with E-state index in [0.29, 0.717) is 36.0 Å². The highest BCUT2D eigenvalue weighted by molar-refractivity contribution is 6.11. The third kappa shape index (κ3) is 3.17. The summed E-state index contributed by atoms with van der Waals surface area (Å²) in [5.74, 6) is -3.72. The second-order valence-corrected chi connectivity index (χ2v) is 13.5. The number of carbonyl (C=O) groups is 4. The van der Waals surface area contributed by atoms with Crippen molar-refractivity contribution in [2.75, 3.05) is 7.11 Å². The van der Waals surface area contributed by atoms with Crippen molar-refractivity contribution < 1.29 is 48.0 Å². The fourth-order valence-electron chi connectivity index (χ4n) is 9.21. The van der Waals surface area contributed by atoms with Crippen molar-refractivity contribution in [1.29, 1.82) is 0 Å². The van der Waals surface area contributed by atoms with Crippen LogP contribution in [-0.2, 0) is 33.4 Å². The Morgan fingerprint density at radius 1 is 1.19 bits per heavy atom. The number of cyclic esters (lactones) is 1. The number of Topliss-reactive ketones (excluding diaryl/α,β-unsaturated/α-hetero) is 1. The van der Waals surface area contributed by atoms with Crippen LogP contribution in [0.5, 0.6) is 0 Å². The number of ether oxygens (including phenoxy) is 3. The van der Waals surface area contributed by atoms with Crippen LogP contribution in [0.25, 0.3) is 0 Å². The molecule has 1 aliphatic heterocycles. The number of rotatable bonds is 6. The first-order valence-corrected chi connectivity index (χ1v) is 14.6. The van der Waals surface area contributed by atoms with Gasteiger partial charge in [0.25, 0.3) is 0 Å². The first-order chi connectivity index (χ1) is 19.6. The van der Waals surface area contributed by atoms with E-state index < -0.39 is 75.2 Å². The van der Waals surface area contributed by atoms with Crippen LogP contribution in [0.2, 0.25) is 0 Å². The topological polar surface area (TPSA) is 150 Å². The van der Waals surface area contributed by atoms with Gasteiger partial charge in [0.1, 0.15) is 17.8 Å². The molecule has 10 heteroatoms. The van der Waals surface area contributed by atoms with Crippen molar-refractivity contribution in [2.24, 2.45) is 28.1 Å². The maximum atomic E-state index is 14.8. The number of hydrogen-bond acceptors (Lipinski definition) is 10. The maximum Gasteiger partial charge on any atom is 0.331 e. The minimum Gasteiger partial charge on any atom is -0.472 e. The van der Waals surface area contributed by atoms with Crippen LogP contribution in [0.15, 0.2) is 45.8 Å². The van der Waals surface area contributed by atoms with Crippen LogP contribution < -0.4 is 0 Å². The molecule has 1 aromatic heterocycles. The van der Waals surface area contributed by atoms with Gasteiger partial charge in [-0.2, -0.15) is 0 Å². The van der Waals surface area contributed by atoms with Gasteiger partial charge in [0, 0.05) is 39.9 Å². The van der Waals surface area contributed by atoms with Crippen LogP contribution in [-0.4, -0.2) is 58.3 Å². The second kappa shape index (κ2) is 8.89. The van der Waals surface area contributed by atoms with Crippen molar-refractivity contribution >= 4 is 23.7 Å². The molecule has 0 radical (unpaired) electrons. The van der Waals surface area contributed by atoms with Crippen molar-refractivity contribution in [2.45, 2.75) is 90.1 Å². The Bertz CT molecular complexity index is 1460. The minimum atomic E-state index is -2.52. The number of aliphatic hydroxyl groups is 2. The van der Waals surface area contributed by atoms with Crippen molar-refractivity contribution in [3.63, 3.8) is 0 Å². The van der Waals surface area contributed by atoms with E-state index in [1.165, 1.54) is 25.7 Å². The van der Waals surface area contributed by atoms with Gasteiger partial charge >= 0.3 is 17.9 Å². The van der Waals surface area contributed by atoms with Crippen LogP contribution >= 0.6 is 0 Å². The lowest BCUT2D eigenvalue weighted by molar-refractivity contribution is -0.251. The molecule has 0 amide bonds. The molecule has 0 aromatic carbocycles. The first-order valence-electron chi connectivity index (χ1n) is 14.6. The third-order valence-corrected chi connectivity index (χ3v) is 11.6. The van der Waals surface area contributed by atoms with E-state index in [2.05, 4.69) is 0 Å². The number of esters is 3. The normalized spacial score (nSPS) is 42.4. The lowest BCUT2D eigenvalue weighted by Gasteiger charge is -2.63. The fourth-order valence-corrected chi connectivity index (χ4v) is 9.21. The minimum absolute atomic E-state index is 0.0639. The van der Waals surface area contributed by atoms with Crippen molar-refractivity contribution in [3.8, 4) is 0 Å². The van der Waals surface area contributed by atoms with Crippen LogP contribution in [0.3, 0.4) is 0 Å². The van der Waals surface area contributed by atoms with E-state index in [4.69, 9.17) is 18.6 Å². The number of carbonyl (C=O) groups excluding carboxylic acids is 4. The molecule has 2 saturated carbocycles. The zero-order valence-electron chi connectivity index (χ0n) is 24.8. The summed E-state index contributed by atoms with van der Waals surface area (Å²) in [5.41, 5.74) is -6.07. The summed E-state index contributed by atoms with van der Waals surface area (Å²) in [6.07, 6.45) is 3.18. The molecule has 1 aromatic rings. The molecule has 4 aliphatic carbocycles. The number of hydrogen-bond donors (Lipinski definition) is 2. The molecular weight excluding hydrogens is 544 g/mol. The molecule has 9 atom stereocenters. The van der Waals surface area contributed by atoms with E-state index in [-0.39, 0.29) is 18.4 Å². The van der Waals surface area contributed by atoms with Gasteiger partial charge in [-0.25, -0.2) is 4.79 Å². The highest BCUT2D eigenvalue weighted by Gasteiger charge is 2.89. The first kappa shape index (κ1) is 28.9. The standard InChI is InChI=1S/C32H38O10/c1-7-16(2)26(36)42-27-29(4)15-31(37)30(5,20(29)13-21(33)39-6)18-8-10-28(3)19(23(18)24(35)32(27,31)38)12-22(34)41-25(28)17-9-11-40-14-17/h9,11-12,14,16,20,25,27,37-38H,7-8,10,13,15H2,1-6H3. The summed E-state index contributed by atoms with van der Waals surface area (Å²) in [4.78, 5) is 53.8. The van der Waals surface area contributed by atoms with E-state index >= 15 is 0 Å². The lowest BCUT2D eigenvalue weighted by Crippen LogP contribution is -2.76. The van der Waals surface area contributed by atoms with Crippen LogP contribution in [0.4, 0.5) is 0 Å². The van der Waals surface area contributed by atoms with E-state index in [0.717, 1.165) is 0 Å². The fraction of sp³-hybridized carbons (Fsp3) is 0.625. The molecule has 5 aliphatic rings. The van der Waals surface area contributed by atoms with E-state index in [1.807, 2.05) is 13.8 Å². The predicted molar refractivity (Wildman–Crippen MR) is 145 cm³/mol. The molecule has 0 spiro atoms. The van der Waals surface area contributed by atoms with Gasteiger partial charge in [-0.15, -0.1) is 0 Å². The van der Waals surface area contributed by atoms with Gasteiger partial charge in [-0.3, -0.25) is 14.4 Å². The van der Waals surface area contributed by atoms with Crippen molar-refractivity contribution in [3.05, 3.63) is 47.0 Å². The zero-order valence-corrected chi connectivity index (χ0v) is 24.8. The third-order valence-electron chi connectivity index (χ3n) is 11.6. The molecule has 9 unspecified atom stereocenters. The molecule has 10 nitrogen and oxygen atoms in total. The van der Waals surface area contributed by atoms with Gasteiger partial charge in [0.05, 0.1) is 25.6 Å². The quantitative estimate of drug-likeness (QED) is 0.377. The summed E-state index contributed by atoms with van der Waals surface area (Å²) in [5, 5.41) is 25.2. The van der Waals surface area contributed by atoms with E-state index in [9.17, 15) is 29.4 Å². The predicted octanol–water partition coefficient (Wildman–Crippen LogP) is 3.51. The second-order valence-electron chi connectivity index (χ2n) is 13.5. The Balaban J connectivity index is 1.59.